The van der Waals surface area contributed by atoms with Gasteiger partial charge in [-0.05, 0) is 29.3 Å². The average Bonchev–Trinajstić information content (AvgIpc) is 2.63. The molecule has 0 aliphatic rings. The second-order valence-corrected chi connectivity index (χ2v) is 5.09. The lowest BCUT2D eigenvalue weighted by atomic mass is 10.0. The quantitative estimate of drug-likeness (QED) is 0.308. The van der Waals surface area contributed by atoms with Gasteiger partial charge in [0, 0.05) is 6.07 Å². The minimum Gasteiger partial charge on any atom is -0.423 e. The van der Waals surface area contributed by atoms with Crippen LogP contribution in [-0.4, -0.2) is 10.9 Å². The molecule has 3 rings (SSSR count). The van der Waals surface area contributed by atoms with Crippen molar-refractivity contribution < 1.29 is 14.5 Å². The molecule has 0 aliphatic carbocycles. The van der Waals surface area contributed by atoms with Gasteiger partial charge in [-0.3, -0.25) is 10.1 Å². The van der Waals surface area contributed by atoms with Crippen LogP contribution in [0.25, 0.3) is 11.1 Å². The van der Waals surface area contributed by atoms with Gasteiger partial charge < -0.3 is 4.74 Å². The maximum atomic E-state index is 12.2. The first-order valence-electron chi connectivity index (χ1n) is 7.25. The molecule has 3 aromatic rings. The summed E-state index contributed by atoms with van der Waals surface area (Å²) in [5.74, 6) is -0.420. The highest BCUT2D eigenvalue weighted by Gasteiger charge is 2.12. The largest absolute Gasteiger partial charge is 0.423 e. The van der Waals surface area contributed by atoms with Crippen LogP contribution >= 0.6 is 0 Å². The lowest BCUT2D eigenvalue weighted by Gasteiger charge is -2.06. The molecule has 0 amide bonds. The van der Waals surface area contributed by atoms with Crippen molar-refractivity contribution in [3.63, 3.8) is 0 Å². The van der Waals surface area contributed by atoms with Crippen molar-refractivity contribution in [1.82, 2.24) is 0 Å². The zero-order valence-electron chi connectivity index (χ0n) is 12.6. The Balaban J connectivity index is 1.76. The van der Waals surface area contributed by atoms with Gasteiger partial charge in [-0.25, -0.2) is 4.79 Å². The van der Waals surface area contributed by atoms with Crippen LogP contribution in [0.4, 0.5) is 5.69 Å². The van der Waals surface area contributed by atoms with Crippen LogP contribution in [0.2, 0.25) is 0 Å². The zero-order valence-corrected chi connectivity index (χ0v) is 12.6. The van der Waals surface area contributed by atoms with Gasteiger partial charge in [-0.15, -0.1) is 0 Å². The number of esters is 1. The van der Waals surface area contributed by atoms with Crippen LogP contribution in [0.5, 0.6) is 5.75 Å². The Bertz CT molecular complexity index is 873. The van der Waals surface area contributed by atoms with E-state index in [1.165, 1.54) is 24.3 Å². The average molecular weight is 319 g/mol. The summed E-state index contributed by atoms with van der Waals surface area (Å²) in [7, 11) is 0. The van der Waals surface area contributed by atoms with Crippen molar-refractivity contribution in [2.75, 3.05) is 0 Å². The summed E-state index contributed by atoms with van der Waals surface area (Å²) < 4.78 is 5.19. The molecule has 0 atom stereocenters. The highest BCUT2D eigenvalue weighted by atomic mass is 16.6. The standard InChI is InChI=1S/C19H13NO4/c21-19(24-18-8-4-7-17(13-18)20(22)23)16-11-9-15(10-12-16)14-5-2-1-3-6-14/h1-13H. The first kappa shape index (κ1) is 15.4. The summed E-state index contributed by atoms with van der Waals surface area (Å²) in [4.78, 5) is 22.4. The van der Waals surface area contributed by atoms with Gasteiger partial charge in [-0.2, -0.15) is 0 Å². The summed E-state index contributed by atoms with van der Waals surface area (Å²) in [6, 6.07) is 22.3. The predicted octanol–water partition coefficient (Wildman–Crippen LogP) is 4.48. The molecule has 0 saturated carbocycles. The van der Waals surface area contributed by atoms with E-state index in [1.54, 1.807) is 12.1 Å². The number of nitro benzene ring substituents is 1. The van der Waals surface area contributed by atoms with Gasteiger partial charge >= 0.3 is 5.97 Å². The summed E-state index contributed by atoms with van der Waals surface area (Å²) in [5, 5.41) is 10.7. The van der Waals surface area contributed by atoms with Crippen LogP contribution in [-0.2, 0) is 0 Å². The second kappa shape index (κ2) is 6.75. The topological polar surface area (TPSA) is 69.4 Å². The number of carbonyl (C=O) groups is 1. The van der Waals surface area contributed by atoms with Crippen LogP contribution in [0, 0.1) is 10.1 Å². The molecule has 0 aliphatic heterocycles. The maximum absolute atomic E-state index is 12.2. The van der Waals surface area contributed by atoms with Gasteiger partial charge in [0.15, 0.2) is 0 Å². The first-order valence-corrected chi connectivity index (χ1v) is 7.25. The number of benzene rings is 3. The van der Waals surface area contributed by atoms with Crippen molar-refractivity contribution in [2.45, 2.75) is 0 Å². The van der Waals surface area contributed by atoms with Crippen molar-refractivity contribution in [3.8, 4) is 16.9 Å². The lowest BCUT2D eigenvalue weighted by molar-refractivity contribution is -0.384. The smallest absolute Gasteiger partial charge is 0.343 e. The second-order valence-electron chi connectivity index (χ2n) is 5.09. The molecule has 0 saturated heterocycles. The molecule has 0 N–H and O–H groups in total. The van der Waals surface area contributed by atoms with Crippen LogP contribution in [0.3, 0.4) is 0 Å². The maximum Gasteiger partial charge on any atom is 0.343 e. The molecule has 0 aromatic heterocycles. The molecule has 5 nitrogen and oxygen atoms in total. The highest BCUT2D eigenvalue weighted by molar-refractivity contribution is 5.91. The summed E-state index contributed by atoms with van der Waals surface area (Å²) in [5.41, 5.74) is 2.29. The monoisotopic (exact) mass is 319 g/mol. The Kier molecular flexibility index (Phi) is 4.34. The van der Waals surface area contributed by atoms with E-state index in [0.717, 1.165) is 11.1 Å². The van der Waals surface area contributed by atoms with E-state index >= 15 is 0 Å². The summed E-state index contributed by atoms with van der Waals surface area (Å²) in [6.45, 7) is 0. The van der Waals surface area contributed by atoms with Crippen molar-refractivity contribution in [1.29, 1.82) is 0 Å². The molecule has 0 bridgehead atoms. The summed E-state index contributed by atoms with van der Waals surface area (Å²) >= 11 is 0. The van der Waals surface area contributed by atoms with E-state index < -0.39 is 10.9 Å². The Labute approximate surface area is 138 Å². The third-order valence-corrected chi connectivity index (χ3v) is 3.47. The minimum absolute atomic E-state index is 0.125. The van der Waals surface area contributed by atoms with E-state index in [9.17, 15) is 14.9 Å². The van der Waals surface area contributed by atoms with E-state index in [2.05, 4.69) is 0 Å². The van der Waals surface area contributed by atoms with Crippen LogP contribution < -0.4 is 4.74 Å². The van der Waals surface area contributed by atoms with Crippen molar-refractivity contribution >= 4 is 11.7 Å². The third kappa shape index (κ3) is 3.47. The van der Waals surface area contributed by atoms with E-state index in [1.807, 2.05) is 42.5 Å². The molecule has 0 fully saturated rings. The number of nitrogens with zero attached hydrogens (tertiary/aromatic N) is 1. The Hall–Kier alpha value is -3.47. The molecule has 5 heteroatoms. The normalized spacial score (nSPS) is 10.2. The van der Waals surface area contributed by atoms with Crippen molar-refractivity contribution in [2.24, 2.45) is 0 Å². The van der Waals surface area contributed by atoms with Gasteiger partial charge in [0.25, 0.3) is 5.69 Å². The zero-order chi connectivity index (χ0) is 16.9. The molecule has 0 spiro atoms. The fourth-order valence-electron chi connectivity index (χ4n) is 2.26. The van der Waals surface area contributed by atoms with Gasteiger partial charge in [0.2, 0.25) is 0 Å². The lowest BCUT2D eigenvalue weighted by Crippen LogP contribution is -2.08. The van der Waals surface area contributed by atoms with Crippen LogP contribution in [0.1, 0.15) is 10.4 Å². The fraction of sp³-hybridized carbons (Fsp3) is 0. The van der Waals surface area contributed by atoms with Gasteiger partial charge in [0.05, 0.1) is 16.6 Å². The predicted molar refractivity (Wildman–Crippen MR) is 89.9 cm³/mol. The third-order valence-electron chi connectivity index (χ3n) is 3.47. The van der Waals surface area contributed by atoms with E-state index in [0.29, 0.717) is 5.56 Å². The number of non-ortho nitro benzene ring substituents is 1. The van der Waals surface area contributed by atoms with E-state index in [-0.39, 0.29) is 11.4 Å². The highest BCUT2D eigenvalue weighted by Crippen LogP contribution is 2.22. The van der Waals surface area contributed by atoms with Crippen LogP contribution in [0.15, 0.2) is 78.9 Å². The van der Waals surface area contributed by atoms with Gasteiger partial charge in [-0.1, -0.05) is 48.5 Å². The van der Waals surface area contributed by atoms with E-state index in [4.69, 9.17) is 4.74 Å². The minimum atomic E-state index is -0.560. The number of hydrogen-bond acceptors (Lipinski definition) is 4. The fourth-order valence-corrected chi connectivity index (χ4v) is 2.26. The molecule has 3 aromatic carbocycles. The molecule has 118 valence electrons. The number of hydrogen-bond donors (Lipinski definition) is 0. The van der Waals surface area contributed by atoms with Crippen molar-refractivity contribution in [3.05, 3.63) is 94.5 Å². The Morgan fingerprint density at radius 2 is 1.50 bits per heavy atom. The number of ether oxygens (including phenoxy) is 1. The number of rotatable bonds is 4. The number of carbonyl (C=O) groups excluding carboxylic acids is 1. The molecule has 0 heterocycles. The van der Waals surface area contributed by atoms with Gasteiger partial charge in [0.1, 0.15) is 5.75 Å². The summed E-state index contributed by atoms with van der Waals surface area (Å²) in [6.07, 6.45) is 0. The molecular weight excluding hydrogens is 306 g/mol. The molecule has 0 radical (unpaired) electrons. The SMILES string of the molecule is O=C(Oc1cccc([N+](=O)[O-])c1)c1ccc(-c2ccccc2)cc1. The molecular formula is C19H13NO4. The Morgan fingerprint density at radius 1 is 0.833 bits per heavy atom. The number of nitro groups is 1. The molecule has 0 unspecified atom stereocenters. The Morgan fingerprint density at radius 3 is 2.17 bits per heavy atom. The first-order chi connectivity index (χ1) is 11.6. The molecule has 24 heavy (non-hydrogen) atoms.